The van der Waals surface area contributed by atoms with E-state index < -0.39 is 0 Å². The van der Waals surface area contributed by atoms with Crippen LogP contribution < -0.4 is 0 Å². The summed E-state index contributed by atoms with van der Waals surface area (Å²) < 4.78 is 0. The normalized spacial score (nSPS) is 34.1. The van der Waals surface area contributed by atoms with E-state index >= 15 is 0 Å². The fourth-order valence-corrected chi connectivity index (χ4v) is 7.01. The number of allylic oxidation sites excluding steroid dienone is 4. The van der Waals surface area contributed by atoms with Gasteiger partial charge in [-0.1, -0.05) is 53.8 Å². The minimum atomic E-state index is 0.0910. The van der Waals surface area contributed by atoms with Crippen molar-refractivity contribution in [2.45, 2.75) is 51.9 Å². The second kappa shape index (κ2) is 5.05. The predicted octanol–water partition coefficient (Wildman–Crippen LogP) is 4.97. The van der Waals surface area contributed by atoms with Gasteiger partial charge < -0.3 is 0 Å². The molecule has 1 heteroatoms. The van der Waals surface area contributed by atoms with Crippen molar-refractivity contribution in [2.75, 3.05) is 0 Å². The zero-order valence-electron chi connectivity index (χ0n) is 11.0. The monoisotopic (exact) mass is 235 g/mol. The molecule has 1 aliphatic carbocycles. The van der Waals surface area contributed by atoms with Crippen molar-refractivity contribution in [3.63, 3.8) is 0 Å². The second-order valence-electron chi connectivity index (χ2n) is 5.75. The fraction of sp³-hybridized carbons (Fsp3) is 0.667. The van der Waals surface area contributed by atoms with Gasteiger partial charge in [-0.3, -0.25) is 0 Å². The number of rotatable bonds is 3. The number of hydrogen-bond acceptors (Lipinski definition) is 0. The Morgan fingerprint density at radius 2 is 1.56 bits per heavy atom. The molecule has 1 saturated heterocycles. The highest BCUT2D eigenvalue weighted by atomic mass is 31.1. The highest BCUT2D eigenvalue weighted by Crippen LogP contribution is 2.66. The Morgan fingerprint density at radius 3 is 1.94 bits per heavy atom. The summed E-state index contributed by atoms with van der Waals surface area (Å²) in [6.45, 7) is 9.63. The summed E-state index contributed by atoms with van der Waals surface area (Å²) in [7, 11) is 0.0910. The van der Waals surface area contributed by atoms with E-state index in [1.54, 1.807) is 5.31 Å². The van der Waals surface area contributed by atoms with Crippen molar-refractivity contribution in [1.29, 1.82) is 0 Å². The highest BCUT2D eigenvalue weighted by Gasteiger charge is 2.40. The molecule has 0 bridgehead atoms. The van der Waals surface area contributed by atoms with Crippen LogP contribution in [0.15, 0.2) is 23.5 Å². The van der Waals surface area contributed by atoms with Gasteiger partial charge in [0.15, 0.2) is 0 Å². The minimum absolute atomic E-state index is 0.0910. The van der Waals surface area contributed by atoms with Gasteiger partial charge in [0.2, 0.25) is 0 Å². The lowest BCUT2D eigenvalue weighted by Crippen LogP contribution is -2.15. The molecular weight excluding hydrogens is 211 g/mol. The molecule has 0 aromatic heterocycles. The van der Waals surface area contributed by atoms with Crippen molar-refractivity contribution >= 4 is 7.92 Å². The largest absolute Gasteiger partial charge is 0.0760 e. The summed E-state index contributed by atoms with van der Waals surface area (Å²) >= 11 is 0. The first kappa shape index (κ1) is 12.4. The number of hydrogen-bond donors (Lipinski definition) is 0. The van der Waals surface area contributed by atoms with Crippen molar-refractivity contribution in [3.05, 3.63) is 30.0 Å². The SMILES string of the molecule is CC(C)C1CCC(C(C)C)P1C1=CC=C[CH]1. The van der Waals surface area contributed by atoms with Crippen LogP contribution in [0, 0.1) is 18.3 Å². The standard InChI is InChI=1S/C15H24P/c1-11(2)14-9-10-15(12(3)4)16(14)13-7-5-6-8-13/h5-8,11-12,14-15H,9-10H2,1-4H3. The molecular formula is C15H24P. The van der Waals surface area contributed by atoms with Crippen LogP contribution in [0.5, 0.6) is 0 Å². The Kier molecular flexibility index (Phi) is 3.90. The second-order valence-corrected chi connectivity index (χ2v) is 8.41. The zero-order chi connectivity index (χ0) is 11.7. The lowest BCUT2D eigenvalue weighted by molar-refractivity contribution is 0.543. The van der Waals surface area contributed by atoms with Crippen LogP contribution in [0.2, 0.25) is 0 Å². The third-order valence-electron chi connectivity index (χ3n) is 3.96. The molecule has 2 atom stereocenters. The van der Waals surface area contributed by atoms with E-state index in [1.165, 1.54) is 12.8 Å². The first-order chi connectivity index (χ1) is 7.61. The van der Waals surface area contributed by atoms with E-state index in [-0.39, 0.29) is 7.92 Å². The summed E-state index contributed by atoms with van der Waals surface area (Å²) in [6, 6.07) is 0. The molecule has 2 aliphatic rings. The molecule has 0 aromatic rings. The molecule has 1 heterocycles. The van der Waals surface area contributed by atoms with E-state index in [1.807, 2.05) is 0 Å². The van der Waals surface area contributed by atoms with E-state index in [2.05, 4.69) is 52.3 Å². The third kappa shape index (κ3) is 2.28. The minimum Gasteiger partial charge on any atom is -0.0760 e. The summed E-state index contributed by atoms with van der Waals surface area (Å²) in [5.74, 6) is 1.70. The lowest BCUT2D eigenvalue weighted by Gasteiger charge is -2.31. The van der Waals surface area contributed by atoms with E-state index in [0.717, 1.165) is 23.2 Å². The first-order valence-corrected chi connectivity index (χ1v) is 8.09. The molecule has 16 heavy (non-hydrogen) atoms. The molecule has 0 saturated carbocycles. The zero-order valence-corrected chi connectivity index (χ0v) is 11.9. The van der Waals surface area contributed by atoms with Crippen LogP contribution in [0.1, 0.15) is 40.5 Å². The molecule has 0 aromatic carbocycles. The lowest BCUT2D eigenvalue weighted by atomic mass is 10.0. The van der Waals surface area contributed by atoms with Gasteiger partial charge in [-0.05, 0) is 41.3 Å². The molecule has 1 radical (unpaired) electrons. The van der Waals surface area contributed by atoms with Crippen LogP contribution in [0.25, 0.3) is 0 Å². The molecule has 2 unspecified atom stereocenters. The highest BCUT2D eigenvalue weighted by molar-refractivity contribution is 7.64. The third-order valence-corrected chi connectivity index (χ3v) is 7.99. The maximum Gasteiger partial charge on any atom is 0.0130 e. The summed E-state index contributed by atoms with van der Waals surface area (Å²) in [6.07, 6.45) is 12.1. The van der Waals surface area contributed by atoms with Gasteiger partial charge in [-0.2, -0.15) is 0 Å². The van der Waals surface area contributed by atoms with Gasteiger partial charge in [-0.15, -0.1) is 0 Å². The van der Waals surface area contributed by atoms with E-state index in [4.69, 9.17) is 0 Å². The Labute approximate surface area is 102 Å². The molecule has 0 nitrogen and oxygen atoms in total. The summed E-state index contributed by atoms with van der Waals surface area (Å²) in [5.41, 5.74) is 1.93. The van der Waals surface area contributed by atoms with Gasteiger partial charge in [-0.25, -0.2) is 0 Å². The van der Waals surface area contributed by atoms with Crippen molar-refractivity contribution in [3.8, 4) is 0 Å². The van der Waals surface area contributed by atoms with Crippen molar-refractivity contribution in [1.82, 2.24) is 0 Å². The Balaban J connectivity index is 2.18. The molecule has 1 aliphatic heterocycles. The maximum absolute atomic E-state index is 2.41. The van der Waals surface area contributed by atoms with Crippen LogP contribution in [-0.4, -0.2) is 11.3 Å². The van der Waals surface area contributed by atoms with Crippen LogP contribution in [-0.2, 0) is 0 Å². The van der Waals surface area contributed by atoms with Gasteiger partial charge in [0.25, 0.3) is 0 Å². The van der Waals surface area contributed by atoms with Crippen LogP contribution in [0.4, 0.5) is 0 Å². The smallest absolute Gasteiger partial charge is 0.0130 e. The van der Waals surface area contributed by atoms with Crippen molar-refractivity contribution in [2.24, 2.45) is 11.8 Å². The summed E-state index contributed by atoms with van der Waals surface area (Å²) in [4.78, 5) is 0. The molecule has 89 valence electrons. The van der Waals surface area contributed by atoms with E-state index in [0.29, 0.717) is 0 Å². The van der Waals surface area contributed by atoms with Crippen LogP contribution in [0.3, 0.4) is 0 Å². The Morgan fingerprint density at radius 1 is 1.00 bits per heavy atom. The quantitative estimate of drug-likeness (QED) is 0.606. The van der Waals surface area contributed by atoms with Gasteiger partial charge in [0, 0.05) is 6.42 Å². The van der Waals surface area contributed by atoms with Gasteiger partial charge >= 0.3 is 0 Å². The predicted molar refractivity (Wildman–Crippen MR) is 74.9 cm³/mol. The van der Waals surface area contributed by atoms with E-state index in [9.17, 15) is 0 Å². The van der Waals surface area contributed by atoms with Gasteiger partial charge in [0.1, 0.15) is 0 Å². The fourth-order valence-electron chi connectivity index (χ4n) is 3.09. The molecule has 1 fully saturated rings. The summed E-state index contributed by atoms with van der Waals surface area (Å²) in [5, 5.41) is 1.66. The Bertz CT molecular complexity index is 283. The van der Waals surface area contributed by atoms with Gasteiger partial charge in [0.05, 0.1) is 0 Å². The topological polar surface area (TPSA) is 0 Å². The van der Waals surface area contributed by atoms with Crippen molar-refractivity contribution < 1.29 is 0 Å². The first-order valence-electron chi connectivity index (χ1n) is 6.61. The molecule has 0 N–H and O–H groups in total. The Hall–Kier alpha value is -0.0900. The molecule has 2 rings (SSSR count). The van der Waals surface area contributed by atoms with Crippen LogP contribution >= 0.6 is 7.92 Å². The molecule has 0 spiro atoms. The molecule has 0 amide bonds. The maximum atomic E-state index is 2.41. The average Bonchev–Trinajstić information content (AvgIpc) is 2.85. The average molecular weight is 235 g/mol.